The fourth-order valence-corrected chi connectivity index (χ4v) is 2.92. The lowest BCUT2D eigenvalue weighted by Gasteiger charge is -2.17. The summed E-state index contributed by atoms with van der Waals surface area (Å²) < 4.78 is 4.81. The van der Waals surface area contributed by atoms with Crippen LogP contribution in [0.3, 0.4) is 0 Å². The van der Waals surface area contributed by atoms with E-state index < -0.39 is 17.9 Å². The summed E-state index contributed by atoms with van der Waals surface area (Å²) >= 11 is 0. The Labute approximate surface area is 157 Å². The zero-order valence-corrected chi connectivity index (χ0v) is 15.3. The van der Waals surface area contributed by atoms with Crippen LogP contribution >= 0.6 is 0 Å². The van der Waals surface area contributed by atoms with E-state index in [1.165, 1.54) is 7.11 Å². The van der Waals surface area contributed by atoms with Crippen molar-refractivity contribution in [2.45, 2.75) is 19.4 Å². The maximum Gasteiger partial charge on any atom is 0.333 e. The lowest BCUT2D eigenvalue weighted by molar-refractivity contribution is -0.143. The van der Waals surface area contributed by atoms with E-state index in [1.807, 2.05) is 13.0 Å². The Bertz CT molecular complexity index is 850. The molecule has 3 atom stereocenters. The smallest absolute Gasteiger partial charge is 0.333 e. The molecule has 0 heterocycles. The van der Waals surface area contributed by atoms with E-state index in [0.29, 0.717) is 22.7 Å². The van der Waals surface area contributed by atoms with Crippen molar-refractivity contribution in [3.8, 4) is 0 Å². The number of carbonyl (C=O) groups is 3. The third-order valence-corrected chi connectivity index (χ3v) is 4.68. The van der Waals surface area contributed by atoms with Crippen LogP contribution in [-0.2, 0) is 14.3 Å². The third-order valence-electron chi connectivity index (χ3n) is 4.68. The normalized spacial score (nSPS) is 18.9. The molecule has 27 heavy (non-hydrogen) atoms. The molecule has 1 aliphatic carbocycles. The fraction of sp³-hybridized carbons (Fsp3) is 0.286. The molecule has 3 unspecified atom stereocenters. The first-order chi connectivity index (χ1) is 13.0. The molecule has 2 aromatic carbocycles. The lowest BCUT2D eigenvalue weighted by Crippen LogP contribution is -2.34. The third kappa shape index (κ3) is 4.53. The number of anilines is 1. The van der Waals surface area contributed by atoms with Crippen molar-refractivity contribution in [2.24, 2.45) is 11.8 Å². The molecule has 2 amide bonds. The fourth-order valence-electron chi connectivity index (χ4n) is 2.92. The van der Waals surface area contributed by atoms with Gasteiger partial charge in [0, 0.05) is 17.2 Å². The van der Waals surface area contributed by atoms with Gasteiger partial charge in [-0.1, -0.05) is 43.3 Å². The Morgan fingerprint density at radius 2 is 1.78 bits per heavy atom. The first-order valence-corrected chi connectivity index (χ1v) is 8.84. The second-order valence-electron chi connectivity index (χ2n) is 6.73. The first-order valence-electron chi connectivity index (χ1n) is 8.84. The molecule has 0 aliphatic heterocycles. The van der Waals surface area contributed by atoms with Crippen molar-refractivity contribution < 1.29 is 19.1 Å². The summed E-state index contributed by atoms with van der Waals surface area (Å²) in [6.45, 7) is 2.03. The van der Waals surface area contributed by atoms with Crippen molar-refractivity contribution in [3.05, 3.63) is 65.7 Å². The van der Waals surface area contributed by atoms with Crippen LogP contribution in [0.4, 0.5) is 5.69 Å². The average molecular weight is 366 g/mol. The van der Waals surface area contributed by atoms with Gasteiger partial charge in [-0.3, -0.25) is 9.59 Å². The molecule has 6 nitrogen and oxygen atoms in total. The highest BCUT2D eigenvalue weighted by Crippen LogP contribution is 2.38. The van der Waals surface area contributed by atoms with Gasteiger partial charge in [-0.2, -0.15) is 0 Å². The molecular formula is C21H22N2O4. The molecule has 0 spiro atoms. The second kappa shape index (κ2) is 8.03. The lowest BCUT2D eigenvalue weighted by atomic mass is 10.1. The van der Waals surface area contributed by atoms with Crippen LogP contribution in [0.1, 0.15) is 35.3 Å². The zero-order valence-electron chi connectivity index (χ0n) is 15.3. The molecule has 140 valence electrons. The Morgan fingerprint density at radius 1 is 1.07 bits per heavy atom. The number of esters is 1. The Kier molecular flexibility index (Phi) is 5.54. The summed E-state index contributed by atoms with van der Waals surface area (Å²) in [6, 6.07) is 14.6. The number of methoxy groups -OCH3 is 1. The van der Waals surface area contributed by atoms with Gasteiger partial charge in [-0.15, -0.1) is 0 Å². The van der Waals surface area contributed by atoms with E-state index in [-0.39, 0.29) is 11.8 Å². The highest BCUT2D eigenvalue weighted by molar-refractivity contribution is 5.99. The highest BCUT2D eigenvalue weighted by Gasteiger charge is 2.39. The summed E-state index contributed by atoms with van der Waals surface area (Å²) in [5, 5.41) is 5.53. The van der Waals surface area contributed by atoms with Crippen molar-refractivity contribution in [1.82, 2.24) is 5.32 Å². The molecule has 2 aromatic rings. The molecule has 6 heteroatoms. The number of carbonyl (C=O) groups excluding carboxylic acids is 3. The number of benzene rings is 2. The molecule has 2 N–H and O–H groups in total. The number of ether oxygens (including phenoxy) is 1. The van der Waals surface area contributed by atoms with Gasteiger partial charge >= 0.3 is 5.97 Å². The minimum atomic E-state index is -0.908. The number of amides is 2. The molecule has 1 saturated carbocycles. The summed E-state index contributed by atoms with van der Waals surface area (Å²) in [5.74, 6) is -0.559. The Morgan fingerprint density at radius 3 is 2.41 bits per heavy atom. The van der Waals surface area contributed by atoms with E-state index in [4.69, 9.17) is 4.74 Å². The first kappa shape index (κ1) is 18.6. The number of hydrogen-bond donors (Lipinski definition) is 2. The maximum absolute atomic E-state index is 12.7. The van der Waals surface area contributed by atoms with Crippen molar-refractivity contribution in [1.29, 1.82) is 0 Å². The minimum Gasteiger partial charge on any atom is -0.467 e. The maximum atomic E-state index is 12.7. The predicted octanol–water partition coefficient (Wildman–Crippen LogP) is 2.93. The van der Waals surface area contributed by atoms with Crippen LogP contribution in [0.2, 0.25) is 0 Å². The molecular weight excluding hydrogens is 344 g/mol. The SMILES string of the molecule is COC(=O)C(NC(=O)c1cccc(NC(=O)C2CC2C)c1)c1ccccc1. The van der Waals surface area contributed by atoms with Gasteiger partial charge < -0.3 is 15.4 Å². The van der Waals surface area contributed by atoms with E-state index in [1.54, 1.807) is 48.5 Å². The molecule has 1 fully saturated rings. The number of rotatable bonds is 6. The van der Waals surface area contributed by atoms with Crippen molar-refractivity contribution in [3.63, 3.8) is 0 Å². The van der Waals surface area contributed by atoms with Gasteiger partial charge in [0.1, 0.15) is 0 Å². The van der Waals surface area contributed by atoms with Gasteiger partial charge in [0.25, 0.3) is 5.91 Å². The molecule has 3 rings (SSSR count). The minimum absolute atomic E-state index is 0.0308. The van der Waals surface area contributed by atoms with E-state index in [9.17, 15) is 14.4 Å². The van der Waals surface area contributed by atoms with E-state index in [2.05, 4.69) is 10.6 Å². The Balaban J connectivity index is 1.73. The molecule has 0 radical (unpaired) electrons. The standard InChI is InChI=1S/C21H22N2O4/c1-13-11-17(13)20(25)22-16-10-6-9-15(12-16)19(24)23-18(21(26)27-2)14-7-4-3-5-8-14/h3-10,12-13,17-18H,11H2,1-2H3,(H,22,25)(H,23,24). The summed E-state index contributed by atoms with van der Waals surface area (Å²) in [4.78, 5) is 36.8. The van der Waals surface area contributed by atoms with Crippen LogP contribution in [-0.4, -0.2) is 24.9 Å². The van der Waals surface area contributed by atoms with Crippen molar-refractivity contribution in [2.75, 3.05) is 12.4 Å². The van der Waals surface area contributed by atoms with Crippen LogP contribution in [0.25, 0.3) is 0 Å². The van der Waals surface area contributed by atoms with Crippen LogP contribution in [0.15, 0.2) is 54.6 Å². The van der Waals surface area contributed by atoms with Gasteiger partial charge in [0.15, 0.2) is 6.04 Å². The molecule has 0 aromatic heterocycles. The summed E-state index contributed by atoms with van der Waals surface area (Å²) in [7, 11) is 1.28. The molecule has 0 saturated heterocycles. The summed E-state index contributed by atoms with van der Waals surface area (Å²) in [6.07, 6.45) is 0.893. The van der Waals surface area contributed by atoms with Crippen LogP contribution in [0.5, 0.6) is 0 Å². The van der Waals surface area contributed by atoms with Gasteiger partial charge in [-0.05, 0) is 36.1 Å². The van der Waals surface area contributed by atoms with E-state index >= 15 is 0 Å². The highest BCUT2D eigenvalue weighted by atomic mass is 16.5. The monoisotopic (exact) mass is 366 g/mol. The van der Waals surface area contributed by atoms with Gasteiger partial charge in [0.05, 0.1) is 7.11 Å². The predicted molar refractivity (Wildman–Crippen MR) is 101 cm³/mol. The van der Waals surface area contributed by atoms with Crippen molar-refractivity contribution >= 4 is 23.5 Å². The van der Waals surface area contributed by atoms with Gasteiger partial charge in [0.2, 0.25) is 5.91 Å². The van der Waals surface area contributed by atoms with Gasteiger partial charge in [-0.25, -0.2) is 4.79 Å². The number of hydrogen-bond acceptors (Lipinski definition) is 4. The quantitative estimate of drug-likeness (QED) is 0.770. The van der Waals surface area contributed by atoms with E-state index in [0.717, 1.165) is 6.42 Å². The Hall–Kier alpha value is -3.15. The number of nitrogens with one attached hydrogen (secondary N) is 2. The largest absolute Gasteiger partial charge is 0.467 e. The second-order valence-corrected chi connectivity index (χ2v) is 6.73. The zero-order chi connectivity index (χ0) is 19.4. The molecule has 1 aliphatic rings. The van der Waals surface area contributed by atoms with Crippen LogP contribution in [0, 0.1) is 11.8 Å². The summed E-state index contributed by atoms with van der Waals surface area (Å²) in [5.41, 5.74) is 1.53. The topological polar surface area (TPSA) is 84.5 Å². The molecule has 0 bridgehead atoms. The van der Waals surface area contributed by atoms with Crippen LogP contribution < -0.4 is 10.6 Å². The average Bonchev–Trinajstić information content (AvgIpc) is 3.43.